The van der Waals surface area contributed by atoms with E-state index in [0.717, 1.165) is 11.1 Å². The summed E-state index contributed by atoms with van der Waals surface area (Å²) >= 11 is 0. The van der Waals surface area contributed by atoms with Crippen LogP contribution in [0, 0.1) is 0 Å². The second kappa shape index (κ2) is 9.11. The van der Waals surface area contributed by atoms with Crippen molar-refractivity contribution in [2.75, 3.05) is 30.4 Å². The number of hydrogen-bond acceptors (Lipinski definition) is 5. The van der Waals surface area contributed by atoms with Gasteiger partial charge in [-0.2, -0.15) is 0 Å². The summed E-state index contributed by atoms with van der Waals surface area (Å²) in [6.45, 7) is 0.293. The molecule has 3 aromatic carbocycles. The third-order valence-corrected chi connectivity index (χ3v) is 4.71. The Morgan fingerprint density at radius 1 is 0.933 bits per heavy atom. The SMILES string of the molecule is CN(CCO)c1ccc(O)c(C(=O)Nc2cc(-c3ccccc3)ccc2C(=O)O)c1. The zero-order valence-electron chi connectivity index (χ0n) is 16.4. The first-order valence-electron chi connectivity index (χ1n) is 9.30. The fourth-order valence-corrected chi connectivity index (χ4v) is 3.06. The van der Waals surface area contributed by atoms with Crippen molar-refractivity contribution < 1.29 is 24.9 Å². The number of aliphatic hydroxyl groups is 1. The van der Waals surface area contributed by atoms with Crippen LogP contribution in [-0.2, 0) is 0 Å². The molecule has 0 saturated heterocycles. The van der Waals surface area contributed by atoms with Crippen LogP contribution in [0.4, 0.5) is 11.4 Å². The van der Waals surface area contributed by atoms with Crippen molar-refractivity contribution >= 4 is 23.3 Å². The van der Waals surface area contributed by atoms with E-state index in [4.69, 9.17) is 5.11 Å². The number of aromatic carboxylic acids is 1. The summed E-state index contributed by atoms with van der Waals surface area (Å²) in [4.78, 5) is 26.2. The van der Waals surface area contributed by atoms with E-state index in [1.165, 1.54) is 18.2 Å². The molecule has 0 atom stereocenters. The van der Waals surface area contributed by atoms with E-state index >= 15 is 0 Å². The number of carbonyl (C=O) groups is 2. The molecule has 7 nitrogen and oxygen atoms in total. The molecule has 4 N–H and O–H groups in total. The number of carbonyl (C=O) groups excluding carboxylic acids is 1. The van der Waals surface area contributed by atoms with Crippen molar-refractivity contribution in [3.05, 3.63) is 77.9 Å². The zero-order valence-corrected chi connectivity index (χ0v) is 16.4. The Hall–Kier alpha value is -3.84. The van der Waals surface area contributed by atoms with Gasteiger partial charge in [-0.15, -0.1) is 0 Å². The number of amides is 1. The summed E-state index contributed by atoms with van der Waals surface area (Å²) in [5.41, 5.74) is 2.32. The maximum Gasteiger partial charge on any atom is 0.337 e. The normalized spacial score (nSPS) is 10.5. The van der Waals surface area contributed by atoms with E-state index in [1.807, 2.05) is 30.3 Å². The molecule has 0 aliphatic carbocycles. The summed E-state index contributed by atoms with van der Waals surface area (Å²) in [7, 11) is 1.75. The van der Waals surface area contributed by atoms with Crippen molar-refractivity contribution in [1.82, 2.24) is 0 Å². The molecule has 0 aliphatic rings. The third-order valence-electron chi connectivity index (χ3n) is 4.71. The molecule has 0 aromatic heterocycles. The first kappa shape index (κ1) is 20.9. The second-order valence-electron chi connectivity index (χ2n) is 6.73. The van der Waals surface area contributed by atoms with Crippen LogP contribution in [0.1, 0.15) is 20.7 Å². The van der Waals surface area contributed by atoms with E-state index in [1.54, 1.807) is 30.1 Å². The van der Waals surface area contributed by atoms with Crippen molar-refractivity contribution in [2.45, 2.75) is 0 Å². The minimum absolute atomic E-state index is 0.00116. The van der Waals surface area contributed by atoms with Gasteiger partial charge in [-0.05, 0) is 41.5 Å². The number of phenolic OH excluding ortho intramolecular Hbond substituents is 1. The van der Waals surface area contributed by atoms with Gasteiger partial charge in [0.05, 0.1) is 23.4 Å². The Morgan fingerprint density at radius 3 is 2.33 bits per heavy atom. The summed E-state index contributed by atoms with van der Waals surface area (Å²) in [5, 5.41) is 31.4. The summed E-state index contributed by atoms with van der Waals surface area (Å²) in [6, 6.07) is 18.6. The standard InChI is InChI=1S/C23H22N2O5/c1-25(11-12-26)17-8-10-21(27)19(14-17)22(28)24-20-13-16(7-9-18(20)23(29)30)15-5-3-2-4-6-15/h2-10,13-14,26-27H,11-12H2,1H3,(H,24,28)(H,29,30). The van der Waals surface area contributed by atoms with Gasteiger partial charge in [0.25, 0.3) is 5.91 Å². The Labute approximate surface area is 173 Å². The highest BCUT2D eigenvalue weighted by atomic mass is 16.4. The van der Waals surface area contributed by atoms with Crippen molar-refractivity contribution in [3.8, 4) is 16.9 Å². The quantitative estimate of drug-likeness (QED) is 0.478. The first-order valence-corrected chi connectivity index (χ1v) is 9.30. The van der Waals surface area contributed by atoms with Crippen LogP contribution in [0.5, 0.6) is 5.75 Å². The predicted octanol–water partition coefficient (Wildman–Crippen LogP) is 3.44. The van der Waals surface area contributed by atoms with Crippen LogP contribution in [-0.4, -0.2) is 47.4 Å². The number of phenols is 1. The molecule has 0 spiro atoms. The lowest BCUT2D eigenvalue weighted by molar-refractivity contribution is 0.0698. The molecule has 0 saturated carbocycles. The van der Waals surface area contributed by atoms with E-state index in [2.05, 4.69) is 5.32 Å². The fourth-order valence-electron chi connectivity index (χ4n) is 3.06. The lowest BCUT2D eigenvalue weighted by atomic mass is 10.0. The molecule has 7 heteroatoms. The van der Waals surface area contributed by atoms with E-state index in [0.29, 0.717) is 12.2 Å². The van der Waals surface area contributed by atoms with Crippen LogP contribution < -0.4 is 10.2 Å². The predicted molar refractivity (Wildman–Crippen MR) is 115 cm³/mol. The number of aromatic hydroxyl groups is 1. The number of nitrogens with zero attached hydrogens (tertiary/aromatic N) is 1. The fraction of sp³-hybridized carbons (Fsp3) is 0.130. The van der Waals surface area contributed by atoms with Gasteiger partial charge in [0.2, 0.25) is 0 Å². The van der Waals surface area contributed by atoms with Gasteiger partial charge in [-0.1, -0.05) is 36.4 Å². The summed E-state index contributed by atoms with van der Waals surface area (Å²) in [6.07, 6.45) is 0. The van der Waals surface area contributed by atoms with Gasteiger partial charge in [0.1, 0.15) is 5.75 Å². The number of rotatable bonds is 7. The number of likely N-dealkylation sites (N-methyl/N-ethyl adjacent to an activating group) is 1. The zero-order chi connectivity index (χ0) is 21.7. The van der Waals surface area contributed by atoms with Gasteiger partial charge < -0.3 is 25.5 Å². The van der Waals surface area contributed by atoms with Crippen LogP contribution >= 0.6 is 0 Å². The van der Waals surface area contributed by atoms with E-state index in [9.17, 15) is 19.8 Å². The van der Waals surface area contributed by atoms with Crippen LogP contribution in [0.15, 0.2) is 66.7 Å². The highest BCUT2D eigenvalue weighted by Gasteiger charge is 2.18. The van der Waals surface area contributed by atoms with Crippen molar-refractivity contribution in [1.29, 1.82) is 0 Å². The Morgan fingerprint density at radius 2 is 1.67 bits per heavy atom. The number of nitrogens with one attached hydrogen (secondary N) is 1. The van der Waals surface area contributed by atoms with Crippen LogP contribution in [0.2, 0.25) is 0 Å². The third kappa shape index (κ3) is 4.59. The molecule has 0 bridgehead atoms. The number of carboxylic acids is 1. The molecule has 3 aromatic rings. The first-order chi connectivity index (χ1) is 14.4. The van der Waals surface area contributed by atoms with Crippen molar-refractivity contribution in [3.63, 3.8) is 0 Å². The number of hydrogen-bond donors (Lipinski definition) is 4. The molecule has 0 radical (unpaired) electrons. The lowest BCUT2D eigenvalue weighted by Gasteiger charge is -2.19. The van der Waals surface area contributed by atoms with Gasteiger partial charge in [0, 0.05) is 19.3 Å². The maximum atomic E-state index is 12.9. The second-order valence-corrected chi connectivity index (χ2v) is 6.73. The Balaban J connectivity index is 1.96. The van der Waals surface area contributed by atoms with Gasteiger partial charge >= 0.3 is 5.97 Å². The Kier molecular flexibility index (Phi) is 6.34. The largest absolute Gasteiger partial charge is 0.507 e. The Bertz CT molecular complexity index is 1070. The van der Waals surface area contributed by atoms with E-state index in [-0.39, 0.29) is 29.2 Å². The van der Waals surface area contributed by atoms with Gasteiger partial charge in [-0.25, -0.2) is 4.79 Å². The van der Waals surface area contributed by atoms with Crippen LogP contribution in [0.3, 0.4) is 0 Å². The average Bonchev–Trinajstić information content (AvgIpc) is 2.74. The summed E-state index contributed by atoms with van der Waals surface area (Å²) < 4.78 is 0. The topological polar surface area (TPSA) is 110 Å². The molecule has 3 rings (SSSR count). The maximum absolute atomic E-state index is 12.9. The van der Waals surface area contributed by atoms with Crippen LogP contribution in [0.25, 0.3) is 11.1 Å². The average molecular weight is 406 g/mol. The minimum atomic E-state index is -1.18. The smallest absolute Gasteiger partial charge is 0.337 e. The highest BCUT2D eigenvalue weighted by Crippen LogP contribution is 2.28. The molecule has 0 heterocycles. The molecular formula is C23H22N2O5. The number of anilines is 2. The molecule has 0 aliphatic heterocycles. The van der Waals surface area contributed by atoms with Gasteiger partial charge in [0.15, 0.2) is 0 Å². The highest BCUT2D eigenvalue weighted by molar-refractivity contribution is 6.10. The lowest BCUT2D eigenvalue weighted by Crippen LogP contribution is -2.22. The molecule has 1 amide bonds. The number of carboxylic acid groups (broad SMARTS) is 1. The van der Waals surface area contributed by atoms with Gasteiger partial charge in [-0.3, -0.25) is 4.79 Å². The number of benzene rings is 3. The summed E-state index contributed by atoms with van der Waals surface area (Å²) in [5.74, 6) is -2.05. The van der Waals surface area contributed by atoms with Crippen molar-refractivity contribution in [2.24, 2.45) is 0 Å². The molecular weight excluding hydrogens is 384 g/mol. The van der Waals surface area contributed by atoms with E-state index < -0.39 is 11.9 Å². The minimum Gasteiger partial charge on any atom is -0.507 e. The molecule has 0 fully saturated rings. The monoisotopic (exact) mass is 406 g/mol. The molecule has 0 unspecified atom stereocenters. The molecule has 30 heavy (non-hydrogen) atoms. The number of aliphatic hydroxyl groups excluding tert-OH is 1. The molecule has 154 valence electrons.